The standard InChI is InChI=1S/C14H12O2.C7H8N2/c15-13(11-7-3-1-4-8-11)14(16)12-9-5-2-6-10-12;8-7(9)6-4-2-1-3-5-6/h1-10,13,15H;1-5H,(H3,8,9). The van der Waals surface area contributed by atoms with Gasteiger partial charge < -0.3 is 10.8 Å². The number of rotatable bonds is 4. The first-order valence-electron chi connectivity index (χ1n) is 7.81. The van der Waals surface area contributed by atoms with Gasteiger partial charge in [0.05, 0.1) is 0 Å². The summed E-state index contributed by atoms with van der Waals surface area (Å²) >= 11 is 0. The summed E-state index contributed by atoms with van der Waals surface area (Å²) in [4.78, 5) is 11.9. The lowest BCUT2D eigenvalue weighted by Gasteiger charge is -2.09. The summed E-state index contributed by atoms with van der Waals surface area (Å²) < 4.78 is 0. The molecule has 1 atom stereocenters. The number of amidine groups is 1. The molecule has 0 aliphatic carbocycles. The van der Waals surface area contributed by atoms with E-state index in [2.05, 4.69) is 0 Å². The minimum Gasteiger partial charge on any atom is -0.384 e. The number of Topliss-reactive ketones (excluding diaryl/α,β-unsaturated/α-hetero) is 1. The van der Waals surface area contributed by atoms with Gasteiger partial charge in [-0.2, -0.15) is 0 Å². The van der Waals surface area contributed by atoms with Gasteiger partial charge in [0.25, 0.3) is 0 Å². The van der Waals surface area contributed by atoms with Gasteiger partial charge >= 0.3 is 0 Å². The number of benzene rings is 3. The minimum atomic E-state index is -1.08. The van der Waals surface area contributed by atoms with Crippen LogP contribution < -0.4 is 5.73 Å². The van der Waals surface area contributed by atoms with E-state index in [4.69, 9.17) is 11.1 Å². The van der Waals surface area contributed by atoms with Gasteiger partial charge in [-0.25, -0.2) is 0 Å². The van der Waals surface area contributed by atoms with Gasteiger partial charge in [0, 0.05) is 11.1 Å². The second-order valence-electron chi connectivity index (χ2n) is 5.32. The lowest BCUT2D eigenvalue weighted by molar-refractivity contribution is 0.0747. The molecule has 0 aliphatic rings. The van der Waals surface area contributed by atoms with Crippen LogP contribution in [0, 0.1) is 5.41 Å². The van der Waals surface area contributed by atoms with Gasteiger partial charge in [0.2, 0.25) is 0 Å². The number of nitrogen functional groups attached to an aromatic ring is 1. The van der Waals surface area contributed by atoms with Crippen molar-refractivity contribution in [3.8, 4) is 0 Å². The number of aliphatic hydroxyl groups excluding tert-OH is 1. The average molecular weight is 332 g/mol. The Morgan fingerprint density at radius 1 is 0.760 bits per heavy atom. The molecule has 0 amide bonds. The summed E-state index contributed by atoms with van der Waals surface area (Å²) in [5, 5.41) is 16.9. The van der Waals surface area contributed by atoms with Crippen LogP contribution in [0.15, 0.2) is 91.0 Å². The van der Waals surface area contributed by atoms with E-state index in [0.29, 0.717) is 11.1 Å². The Bertz CT molecular complexity index is 803. The van der Waals surface area contributed by atoms with Crippen LogP contribution in [0.2, 0.25) is 0 Å². The molecule has 0 saturated heterocycles. The number of carbonyl (C=O) groups excluding carboxylic acids is 1. The third-order valence-corrected chi connectivity index (χ3v) is 3.51. The number of aliphatic hydroxyl groups is 1. The normalized spacial score (nSPS) is 10.9. The van der Waals surface area contributed by atoms with Crippen LogP contribution in [0.3, 0.4) is 0 Å². The molecule has 0 aromatic heterocycles. The number of carbonyl (C=O) groups is 1. The molecule has 3 aromatic rings. The zero-order chi connectivity index (χ0) is 18.1. The Kier molecular flexibility index (Phi) is 6.63. The molecule has 3 rings (SSSR count). The van der Waals surface area contributed by atoms with Crippen LogP contribution in [0.25, 0.3) is 0 Å². The number of hydrogen-bond donors (Lipinski definition) is 3. The van der Waals surface area contributed by atoms with Gasteiger partial charge in [-0.1, -0.05) is 91.0 Å². The Morgan fingerprint density at radius 3 is 1.56 bits per heavy atom. The molecule has 0 fully saturated rings. The highest BCUT2D eigenvalue weighted by molar-refractivity contribution is 5.99. The lowest BCUT2D eigenvalue weighted by atomic mass is 10.0. The van der Waals surface area contributed by atoms with E-state index in [9.17, 15) is 9.90 Å². The second kappa shape index (κ2) is 9.15. The molecule has 1 unspecified atom stereocenters. The topological polar surface area (TPSA) is 87.2 Å². The fourth-order valence-electron chi connectivity index (χ4n) is 2.16. The highest BCUT2D eigenvalue weighted by Crippen LogP contribution is 2.17. The van der Waals surface area contributed by atoms with E-state index >= 15 is 0 Å². The molecular formula is C21H20N2O2. The van der Waals surface area contributed by atoms with E-state index in [1.165, 1.54) is 0 Å². The summed E-state index contributed by atoms with van der Waals surface area (Å²) in [7, 11) is 0. The molecule has 25 heavy (non-hydrogen) atoms. The summed E-state index contributed by atoms with van der Waals surface area (Å²) in [6.45, 7) is 0. The third-order valence-electron chi connectivity index (χ3n) is 3.51. The second-order valence-corrected chi connectivity index (χ2v) is 5.32. The van der Waals surface area contributed by atoms with Crippen molar-refractivity contribution in [2.75, 3.05) is 0 Å². The molecule has 0 saturated carbocycles. The van der Waals surface area contributed by atoms with E-state index in [1.807, 2.05) is 42.5 Å². The molecule has 3 aromatic carbocycles. The van der Waals surface area contributed by atoms with Gasteiger partial charge in [0.1, 0.15) is 11.9 Å². The summed E-state index contributed by atoms with van der Waals surface area (Å²) in [5.74, 6) is -0.151. The monoisotopic (exact) mass is 332 g/mol. The zero-order valence-corrected chi connectivity index (χ0v) is 13.7. The van der Waals surface area contributed by atoms with Crippen LogP contribution in [0.4, 0.5) is 0 Å². The third kappa shape index (κ3) is 5.41. The maximum Gasteiger partial charge on any atom is 0.195 e. The highest BCUT2D eigenvalue weighted by atomic mass is 16.3. The van der Waals surface area contributed by atoms with Crippen LogP contribution in [-0.2, 0) is 0 Å². The number of ketones is 1. The SMILES string of the molecule is N=C(N)c1ccccc1.O=C(c1ccccc1)C(O)c1ccccc1. The Balaban J connectivity index is 0.000000212. The van der Waals surface area contributed by atoms with Crippen molar-refractivity contribution in [1.82, 2.24) is 0 Å². The summed E-state index contributed by atoms with van der Waals surface area (Å²) in [6, 6.07) is 27.0. The van der Waals surface area contributed by atoms with Crippen LogP contribution in [0.1, 0.15) is 27.6 Å². The van der Waals surface area contributed by atoms with Gasteiger partial charge in [0.15, 0.2) is 5.78 Å². The molecule has 0 heterocycles. The Morgan fingerprint density at radius 2 is 1.16 bits per heavy atom. The summed E-state index contributed by atoms with van der Waals surface area (Å²) in [5.41, 5.74) is 7.12. The van der Waals surface area contributed by atoms with Gasteiger partial charge in [-0.05, 0) is 5.56 Å². The quantitative estimate of drug-likeness (QED) is 0.388. The minimum absolute atomic E-state index is 0.121. The molecule has 0 bridgehead atoms. The predicted octanol–water partition coefficient (Wildman–Crippen LogP) is 3.57. The van der Waals surface area contributed by atoms with Crippen LogP contribution >= 0.6 is 0 Å². The molecule has 4 nitrogen and oxygen atoms in total. The molecule has 0 aliphatic heterocycles. The zero-order valence-electron chi connectivity index (χ0n) is 13.7. The fourth-order valence-corrected chi connectivity index (χ4v) is 2.16. The van der Waals surface area contributed by atoms with Crippen molar-refractivity contribution in [3.05, 3.63) is 108 Å². The first-order valence-corrected chi connectivity index (χ1v) is 7.81. The molecular weight excluding hydrogens is 312 g/mol. The molecule has 4 N–H and O–H groups in total. The predicted molar refractivity (Wildman–Crippen MR) is 99.6 cm³/mol. The van der Waals surface area contributed by atoms with Crippen molar-refractivity contribution < 1.29 is 9.90 Å². The first kappa shape index (κ1) is 18.1. The van der Waals surface area contributed by atoms with Crippen molar-refractivity contribution >= 4 is 11.6 Å². The van der Waals surface area contributed by atoms with Crippen LogP contribution in [0.5, 0.6) is 0 Å². The molecule has 0 spiro atoms. The number of nitrogens with one attached hydrogen (secondary N) is 1. The largest absolute Gasteiger partial charge is 0.384 e. The Hall–Kier alpha value is -3.24. The molecule has 4 heteroatoms. The number of nitrogens with two attached hydrogens (primary N) is 1. The van der Waals surface area contributed by atoms with Crippen molar-refractivity contribution in [2.45, 2.75) is 6.10 Å². The highest BCUT2D eigenvalue weighted by Gasteiger charge is 2.18. The average Bonchev–Trinajstić information content (AvgIpc) is 2.69. The fraction of sp³-hybridized carbons (Fsp3) is 0.0476. The van der Waals surface area contributed by atoms with E-state index in [0.717, 1.165) is 5.56 Å². The van der Waals surface area contributed by atoms with Gasteiger partial charge in [-0.3, -0.25) is 10.2 Å². The van der Waals surface area contributed by atoms with Gasteiger partial charge in [-0.15, -0.1) is 0 Å². The Labute approximate surface area is 147 Å². The van der Waals surface area contributed by atoms with Crippen molar-refractivity contribution in [2.24, 2.45) is 5.73 Å². The van der Waals surface area contributed by atoms with Crippen molar-refractivity contribution in [1.29, 1.82) is 5.41 Å². The maximum atomic E-state index is 11.9. The number of hydrogen-bond acceptors (Lipinski definition) is 3. The molecule has 0 radical (unpaired) electrons. The van der Waals surface area contributed by atoms with Crippen molar-refractivity contribution in [3.63, 3.8) is 0 Å². The first-order chi connectivity index (χ1) is 12.1. The van der Waals surface area contributed by atoms with Crippen LogP contribution in [-0.4, -0.2) is 16.7 Å². The lowest BCUT2D eigenvalue weighted by Crippen LogP contribution is -2.11. The maximum absolute atomic E-state index is 11.9. The van der Waals surface area contributed by atoms with E-state index in [-0.39, 0.29) is 11.6 Å². The summed E-state index contributed by atoms with van der Waals surface area (Å²) in [6.07, 6.45) is -1.08. The molecule has 126 valence electrons. The van der Waals surface area contributed by atoms with E-state index < -0.39 is 6.10 Å². The van der Waals surface area contributed by atoms with E-state index in [1.54, 1.807) is 48.5 Å². The smallest absolute Gasteiger partial charge is 0.195 e.